The number of ether oxygens (including phenoxy) is 2. The molecule has 1 saturated heterocycles. The van der Waals surface area contributed by atoms with E-state index in [2.05, 4.69) is 4.74 Å². The standard InChI is InChI=1S/C19H22F4N2O4/c1-11-2-12(16(20)3-15(11)19(21,22)23)8-29-14-6-25(7-14)17(27)13-4-18(24,5-13)9-28-10-26/h2-3,10,13-14H,4-9,24H2,1H3. The lowest BCUT2D eigenvalue weighted by Gasteiger charge is -2.48. The molecule has 0 radical (unpaired) electrons. The molecule has 2 aliphatic rings. The van der Waals surface area contributed by atoms with Crippen LogP contribution in [0.25, 0.3) is 0 Å². The van der Waals surface area contributed by atoms with Gasteiger partial charge in [-0.3, -0.25) is 9.59 Å². The topological polar surface area (TPSA) is 81.9 Å². The van der Waals surface area contributed by atoms with E-state index >= 15 is 0 Å². The van der Waals surface area contributed by atoms with Crippen LogP contribution in [0.5, 0.6) is 0 Å². The van der Waals surface area contributed by atoms with E-state index in [1.807, 2.05) is 0 Å². The van der Waals surface area contributed by atoms with Crippen LogP contribution >= 0.6 is 0 Å². The Hall–Kier alpha value is -2.20. The summed E-state index contributed by atoms with van der Waals surface area (Å²) in [5.74, 6) is -1.26. The number of halogens is 4. The molecule has 1 saturated carbocycles. The highest BCUT2D eigenvalue weighted by atomic mass is 19.4. The molecular weight excluding hydrogens is 396 g/mol. The van der Waals surface area contributed by atoms with Crippen LogP contribution in [0.2, 0.25) is 0 Å². The number of nitrogens with two attached hydrogens (primary N) is 1. The molecule has 2 fully saturated rings. The van der Waals surface area contributed by atoms with E-state index in [-0.39, 0.29) is 42.3 Å². The lowest BCUT2D eigenvalue weighted by Crippen LogP contribution is -2.63. The number of hydrogen-bond acceptors (Lipinski definition) is 5. The molecule has 0 bridgehead atoms. The summed E-state index contributed by atoms with van der Waals surface area (Å²) in [6.45, 7) is 2.16. The number of carbonyl (C=O) groups excluding carboxylic acids is 2. The molecule has 0 aromatic heterocycles. The molecular formula is C19H22F4N2O4. The molecule has 10 heteroatoms. The molecule has 1 aliphatic carbocycles. The minimum Gasteiger partial charge on any atom is -0.466 e. The Bertz CT molecular complexity index is 787. The first kappa shape index (κ1) is 21.5. The second-order valence-electron chi connectivity index (χ2n) is 7.81. The first-order valence-electron chi connectivity index (χ1n) is 9.13. The smallest absolute Gasteiger partial charge is 0.416 e. The lowest BCUT2D eigenvalue weighted by atomic mass is 9.68. The SMILES string of the molecule is Cc1cc(COC2CN(C(=O)C3CC(N)(COC=O)C3)C2)c(F)cc1C(F)(F)F. The summed E-state index contributed by atoms with van der Waals surface area (Å²) in [5, 5.41) is 0. The van der Waals surface area contributed by atoms with Crippen molar-refractivity contribution in [3.63, 3.8) is 0 Å². The highest BCUT2D eigenvalue weighted by Gasteiger charge is 2.48. The average molecular weight is 418 g/mol. The Kier molecular flexibility index (Phi) is 5.86. The summed E-state index contributed by atoms with van der Waals surface area (Å²) in [4.78, 5) is 24.2. The minimum absolute atomic E-state index is 0.0439. The summed E-state index contributed by atoms with van der Waals surface area (Å²) in [5.41, 5.74) is 4.29. The predicted octanol–water partition coefficient (Wildman–Crippen LogP) is 2.16. The van der Waals surface area contributed by atoms with Crippen LogP contribution < -0.4 is 5.73 Å². The van der Waals surface area contributed by atoms with Crippen LogP contribution in [0.1, 0.15) is 29.5 Å². The first-order chi connectivity index (χ1) is 13.5. The van der Waals surface area contributed by atoms with Gasteiger partial charge in [0.15, 0.2) is 0 Å². The third kappa shape index (κ3) is 4.69. The van der Waals surface area contributed by atoms with Crippen molar-refractivity contribution < 1.29 is 36.6 Å². The number of hydrogen-bond donors (Lipinski definition) is 1. The number of nitrogens with zero attached hydrogens (tertiary/aromatic N) is 1. The minimum atomic E-state index is -4.61. The van der Waals surface area contributed by atoms with Gasteiger partial charge in [-0.2, -0.15) is 13.2 Å². The third-order valence-corrected chi connectivity index (χ3v) is 5.43. The molecule has 0 unspecified atom stereocenters. The molecule has 0 atom stereocenters. The summed E-state index contributed by atoms with van der Waals surface area (Å²) in [7, 11) is 0. The van der Waals surface area contributed by atoms with E-state index in [0.29, 0.717) is 38.5 Å². The number of benzene rings is 1. The van der Waals surface area contributed by atoms with Crippen molar-refractivity contribution in [3.05, 3.63) is 34.6 Å². The Balaban J connectivity index is 1.44. The Morgan fingerprint density at radius 3 is 2.59 bits per heavy atom. The first-order valence-corrected chi connectivity index (χ1v) is 9.13. The highest BCUT2D eigenvalue weighted by Crippen LogP contribution is 2.38. The number of carbonyl (C=O) groups is 2. The fraction of sp³-hybridized carbons (Fsp3) is 0.579. The Morgan fingerprint density at radius 1 is 1.34 bits per heavy atom. The van der Waals surface area contributed by atoms with Crippen LogP contribution in [0.3, 0.4) is 0 Å². The van der Waals surface area contributed by atoms with Crippen LogP contribution in [0, 0.1) is 18.7 Å². The molecule has 29 heavy (non-hydrogen) atoms. The van der Waals surface area contributed by atoms with Gasteiger partial charge in [-0.25, -0.2) is 4.39 Å². The molecule has 1 aliphatic heterocycles. The van der Waals surface area contributed by atoms with Crippen LogP contribution in [0.4, 0.5) is 17.6 Å². The fourth-order valence-electron chi connectivity index (χ4n) is 3.76. The maximum Gasteiger partial charge on any atom is 0.416 e. The van der Waals surface area contributed by atoms with Crippen LogP contribution in [-0.2, 0) is 31.8 Å². The summed E-state index contributed by atoms with van der Waals surface area (Å²) in [6, 6.07) is 1.62. The zero-order chi connectivity index (χ0) is 21.4. The van der Waals surface area contributed by atoms with Crippen LogP contribution in [-0.4, -0.2) is 48.6 Å². The quantitative estimate of drug-likeness (QED) is 0.542. The maximum atomic E-state index is 14.0. The molecule has 0 spiro atoms. The normalized spacial score (nSPS) is 24.6. The second-order valence-corrected chi connectivity index (χ2v) is 7.81. The number of aryl methyl sites for hydroxylation is 1. The number of rotatable bonds is 7. The summed E-state index contributed by atoms with van der Waals surface area (Å²) >= 11 is 0. The van der Waals surface area contributed by atoms with Crippen molar-refractivity contribution in [1.82, 2.24) is 4.90 Å². The molecule has 6 nitrogen and oxygen atoms in total. The van der Waals surface area contributed by atoms with E-state index in [9.17, 15) is 27.2 Å². The number of amides is 1. The monoisotopic (exact) mass is 418 g/mol. The molecule has 1 heterocycles. The zero-order valence-corrected chi connectivity index (χ0v) is 15.8. The van der Waals surface area contributed by atoms with Crippen molar-refractivity contribution >= 4 is 12.4 Å². The van der Waals surface area contributed by atoms with Gasteiger partial charge in [-0.1, -0.05) is 6.07 Å². The fourth-order valence-corrected chi connectivity index (χ4v) is 3.76. The molecule has 160 valence electrons. The van der Waals surface area contributed by atoms with E-state index in [4.69, 9.17) is 10.5 Å². The maximum absolute atomic E-state index is 14.0. The van der Waals surface area contributed by atoms with E-state index < -0.39 is 23.1 Å². The largest absolute Gasteiger partial charge is 0.466 e. The van der Waals surface area contributed by atoms with Gasteiger partial charge >= 0.3 is 6.18 Å². The van der Waals surface area contributed by atoms with Gasteiger partial charge in [0.05, 0.1) is 23.8 Å². The highest BCUT2D eigenvalue weighted by molar-refractivity contribution is 5.81. The molecule has 1 aromatic carbocycles. The van der Waals surface area contributed by atoms with Crippen molar-refractivity contribution in [2.24, 2.45) is 11.7 Å². The van der Waals surface area contributed by atoms with Crippen molar-refractivity contribution in [2.45, 2.75) is 44.2 Å². The molecule has 1 amide bonds. The van der Waals surface area contributed by atoms with Crippen molar-refractivity contribution in [3.8, 4) is 0 Å². The Labute approximate surface area is 164 Å². The van der Waals surface area contributed by atoms with Crippen molar-refractivity contribution in [1.29, 1.82) is 0 Å². The Morgan fingerprint density at radius 2 is 2.00 bits per heavy atom. The van der Waals surface area contributed by atoms with Gasteiger partial charge in [0.2, 0.25) is 5.91 Å². The van der Waals surface area contributed by atoms with Gasteiger partial charge in [0.25, 0.3) is 6.47 Å². The van der Waals surface area contributed by atoms with E-state index in [1.54, 1.807) is 4.90 Å². The second kappa shape index (κ2) is 7.91. The lowest BCUT2D eigenvalue weighted by molar-refractivity contribution is -0.156. The molecule has 3 rings (SSSR count). The summed E-state index contributed by atoms with van der Waals surface area (Å²) < 4.78 is 62.6. The van der Waals surface area contributed by atoms with E-state index in [0.717, 1.165) is 6.07 Å². The molecule has 1 aromatic rings. The summed E-state index contributed by atoms with van der Waals surface area (Å²) in [6.07, 6.45) is -4.06. The van der Waals surface area contributed by atoms with Crippen LogP contribution in [0.15, 0.2) is 12.1 Å². The predicted molar refractivity (Wildman–Crippen MR) is 93.0 cm³/mol. The van der Waals surface area contributed by atoms with Gasteiger partial charge in [-0.05, 0) is 31.4 Å². The third-order valence-electron chi connectivity index (χ3n) is 5.43. The number of alkyl halides is 3. The molecule has 2 N–H and O–H groups in total. The van der Waals surface area contributed by atoms with E-state index in [1.165, 1.54) is 6.92 Å². The zero-order valence-electron chi connectivity index (χ0n) is 15.8. The van der Waals surface area contributed by atoms with Crippen molar-refractivity contribution in [2.75, 3.05) is 19.7 Å². The van der Waals surface area contributed by atoms with Gasteiger partial charge in [0, 0.05) is 24.6 Å². The van der Waals surface area contributed by atoms with Gasteiger partial charge in [0.1, 0.15) is 12.4 Å². The van der Waals surface area contributed by atoms with Gasteiger partial charge < -0.3 is 20.1 Å². The van der Waals surface area contributed by atoms with Gasteiger partial charge in [-0.15, -0.1) is 0 Å². The average Bonchev–Trinajstić information content (AvgIpc) is 2.57. The number of likely N-dealkylation sites (tertiary alicyclic amines) is 1.